The molecule has 0 unspecified atom stereocenters. The molecule has 7 heteroatoms. The van der Waals surface area contributed by atoms with Crippen LogP contribution in [0.3, 0.4) is 0 Å². The molecule has 0 bridgehead atoms. The van der Waals surface area contributed by atoms with Crippen molar-refractivity contribution in [2.75, 3.05) is 11.9 Å². The van der Waals surface area contributed by atoms with Crippen molar-refractivity contribution in [3.63, 3.8) is 0 Å². The van der Waals surface area contributed by atoms with Gasteiger partial charge in [0.15, 0.2) is 0 Å². The molecule has 0 aliphatic carbocycles. The van der Waals surface area contributed by atoms with Crippen LogP contribution in [0.4, 0.5) is 5.82 Å². The third-order valence-corrected chi connectivity index (χ3v) is 3.84. The Kier molecular flexibility index (Phi) is 3.74. The van der Waals surface area contributed by atoms with Crippen LogP contribution in [-0.4, -0.2) is 31.8 Å². The number of carbonyl (C=O) groups is 1. The van der Waals surface area contributed by atoms with E-state index in [9.17, 15) is 4.79 Å². The number of aromatic nitrogens is 4. The molecule has 2 aromatic heterocycles. The zero-order valence-corrected chi connectivity index (χ0v) is 12.2. The lowest BCUT2D eigenvalue weighted by Crippen LogP contribution is -2.27. The Labute approximate surface area is 122 Å². The molecule has 1 saturated heterocycles. The quantitative estimate of drug-likeness (QED) is 0.922. The highest BCUT2D eigenvalue weighted by molar-refractivity contribution is 5.92. The molecule has 0 aromatic carbocycles. The van der Waals surface area contributed by atoms with Crippen molar-refractivity contribution in [2.45, 2.75) is 26.0 Å². The van der Waals surface area contributed by atoms with Crippen molar-refractivity contribution in [3.05, 3.63) is 30.5 Å². The number of aryl methyl sites for hydroxylation is 2. The van der Waals surface area contributed by atoms with Crippen LogP contribution in [0.1, 0.15) is 25.3 Å². The molecule has 1 N–H and O–H groups in total. The smallest absolute Gasteiger partial charge is 0.231 e. The minimum Gasteiger partial charge on any atom is -0.369 e. The molecule has 1 aliphatic heterocycles. The van der Waals surface area contributed by atoms with Crippen molar-refractivity contribution < 1.29 is 9.53 Å². The van der Waals surface area contributed by atoms with E-state index in [0.29, 0.717) is 18.8 Å². The summed E-state index contributed by atoms with van der Waals surface area (Å²) < 4.78 is 9.41. The molecule has 7 nitrogen and oxygen atoms in total. The van der Waals surface area contributed by atoms with Gasteiger partial charge in [-0.25, -0.2) is 4.98 Å². The van der Waals surface area contributed by atoms with Crippen LogP contribution in [0.5, 0.6) is 0 Å². The fourth-order valence-corrected chi connectivity index (χ4v) is 2.67. The molecule has 2 aromatic rings. The van der Waals surface area contributed by atoms with Crippen LogP contribution in [0, 0.1) is 5.92 Å². The van der Waals surface area contributed by atoms with Crippen LogP contribution < -0.4 is 5.32 Å². The first-order valence-corrected chi connectivity index (χ1v) is 7.12. The van der Waals surface area contributed by atoms with E-state index in [4.69, 9.17) is 4.74 Å². The zero-order valence-electron chi connectivity index (χ0n) is 12.2. The minimum atomic E-state index is -0.284. The fourth-order valence-electron chi connectivity index (χ4n) is 2.67. The first-order chi connectivity index (χ1) is 10.2. The van der Waals surface area contributed by atoms with Crippen molar-refractivity contribution in [3.8, 4) is 0 Å². The van der Waals surface area contributed by atoms with Gasteiger partial charge >= 0.3 is 0 Å². The van der Waals surface area contributed by atoms with E-state index in [2.05, 4.69) is 15.4 Å². The molecule has 1 amide bonds. The number of nitrogens with zero attached hydrogens (tertiary/aromatic N) is 4. The second kappa shape index (κ2) is 5.69. The van der Waals surface area contributed by atoms with E-state index >= 15 is 0 Å². The predicted octanol–water partition coefficient (Wildman–Crippen LogP) is 1.35. The molecule has 21 heavy (non-hydrogen) atoms. The molecule has 3 heterocycles. The lowest BCUT2D eigenvalue weighted by Gasteiger charge is -2.18. The maximum atomic E-state index is 12.5. The summed E-state index contributed by atoms with van der Waals surface area (Å²) >= 11 is 0. The summed E-state index contributed by atoms with van der Waals surface area (Å²) in [6, 6.07) is 1.77. The first-order valence-electron chi connectivity index (χ1n) is 7.12. The third-order valence-electron chi connectivity index (χ3n) is 3.84. The first kappa shape index (κ1) is 13.8. The van der Waals surface area contributed by atoms with Crippen LogP contribution in [-0.2, 0) is 23.1 Å². The zero-order chi connectivity index (χ0) is 14.8. The van der Waals surface area contributed by atoms with Gasteiger partial charge in [-0.2, -0.15) is 5.10 Å². The highest BCUT2D eigenvalue weighted by Gasteiger charge is 2.37. The van der Waals surface area contributed by atoms with Gasteiger partial charge in [0, 0.05) is 38.7 Å². The van der Waals surface area contributed by atoms with E-state index in [-0.39, 0.29) is 17.9 Å². The summed E-state index contributed by atoms with van der Waals surface area (Å²) in [6.45, 7) is 3.43. The average Bonchev–Trinajstić information content (AvgIpc) is 3.18. The summed E-state index contributed by atoms with van der Waals surface area (Å²) in [6.07, 6.45) is 5.73. The van der Waals surface area contributed by atoms with E-state index < -0.39 is 0 Å². The summed E-state index contributed by atoms with van der Waals surface area (Å²) in [5.41, 5.74) is 0. The Morgan fingerprint density at radius 1 is 1.52 bits per heavy atom. The van der Waals surface area contributed by atoms with Gasteiger partial charge in [-0.1, -0.05) is 0 Å². The fraction of sp³-hybridized carbons (Fsp3) is 0.500. The summed E-state index contributed by atoms with van der Waals surface area (Å²) in [5.74, 6) is 1.23. The Hall–Kier alpha value is -2.15. The van der Waals surface area contributed by atoms with Crippen molar-refractivity contribution in [2.24, 2.45) is 13.0 Å². The standard InChI is InChI=1S/C14H19N5O2/c1-3-19-8-7-15-13(19)12-10(5-9-21-12)14(20)17-11-4-6-16-18(11)2/h4,6-8,10,12H,3,5,9H2,1-2H3,(H,17,20)/t10-,12-/m1/s1. The van der Waals surface area contributed by atoms with Crippen LogP contribution in [0.2, 0.25) is 0 Å². The molecule has 1 aliphatic rings. The molecular formula is C14H19N5O2. The monoisotopic (exact) mass is 289 g/mol. The molecule has 0 saturated carbocycles. The van der Waals surface area contributed by atoms with Gasteiger partial charge in [0.05, 0.1) is 12.1 Å². The van der Waals surface area contributed by atoms with E-state index in [1.165, 1.54) is 0 Å². The Morgan fingerprint density at radius 3 is 3.10 bits per heavy atom. The number of hydrogen-bond acceptors (Lipinski definition) is 4. The van der Waals surface area contributed by atoms with Crippen LogP contribution in [0.25, 0.3) is 0 Å². The topological polar surface area (TPSA) is 74.0 Å². The average molecular weight is 289 g/mol. The van der Waals surface area contributed by atoms with Crippen molar-refractivity contribution in [1.82, 2.24) is 19.3 Å². The maximum Gasteiger partial charge on any atom is 0.231 e. The lowest BCUT2D eigenvalue weighted by atomic mass is 10.00. The molecule has 112 valence electrons. The second-order valence-electron chi connectivity index (χ2n) is 5.09. The largest absolute Gasteiger partial charge is 0.369 e. The highest BCUT2D eigenvalue weighted by atomic mass is 16.5. The summed E-state index contributed by atoms with van der Waals surface area (Å²) in [7, 11) is 1.79. The molecule has 0 spiro atoms. The number of nitrogens with one attached hydrogen (secondary N) is 1. The van der Waals surface area contributed by atoms with Gasteiger partial charge in [0.25, 0.3) is 0 Å². The van der Waals surface area contributed by atoms with Crippen LogP contribution >= 0.6 is 0 Å². The predicted molar refractivity (Wildman–Crippen MR) is 76.5 cm³/mol. The van der Waals surface area contributed by atoms with Crippen LogP contribution in [0.15, 0.2) is 24.7 Å². The van der Waals surface area contributed by atoms with Crippen molar-refractivity contribution >= 4 is 11.7 Å². The number of rotatable bonds is 4. The Balaban J connectivity index is 1.78. The number of anilines is 1. The number of hydrogen-bond donors (Lipinski definition) is 1. The number of amides is 1. The Bertz CT molecular complexity index is 633. The van der Waals surface area contributed by atoms with E-state index in [1.807, 2.05) is 17.7 Å². The normalized spacial score (nSPS) is 21.6. The van der Waals surface area contributed by atoms with Gasteiger partial charge in [-0.05, 0) is 13.3 Å². The highest BCUT2D eigenvalue weighted by Crippen LogP contribution is 2.34. The molecule has 1 fully saturated rings. The Morgan fingerprint density at radius 2 is 2.38 bits per heavy atom. The van der Waals surface area contributed by atoms with E-state index in [0.717, 1.165) is 12.4 Å². The van der Waals surface area contributed by atoms with Gasteiger partial charge in [-0.3, -0.25) is 9.48 Å². The van der Waals surface area contributed by atoms with Gasteiger partial charge < -0.3 is 14.6 Å². The molecule has 0 radical (unpaired) electrons. The van der Waals surface area contributed by atoms with Gasteiger partial charge in [0.2, 0.25) is 5.91 Å². The second-order valence-corrected chi connectivity index (χ2v) is 5.09. The summed E-state index contributed by atoms with van der Waals surface area (Å²) in [5, 5.41) is 6.95. The SMILES string of the molecule is CCn1ccnc1[C@@H]1OCC[C@H]1C(=O)Nc1ccnn1C. The van der Waals surface area contributed by atoms with Gasteiger partial charge in [-0.15, -0.1) is 0 Å². The van der Waals surface area contributed by atoms with Crippen molar-refractivity contribution in [1.29, 1.82) is 0 Å². The molecule has 3 rings (SSSR count). The van der Waals surface area contributed by atoms with E-state index in [1.54, 1.807) is 30.2 Å². The maximum absolute atomic E-state index is 12.5. The summed E-state index contributed by atoms with van der Waals surface area (Å²) in [4.78, 5) is 16.9. The molecule has 2 atom stereocenters. The lowest BCUT2D eigenvalue weighted by molar-refractivity contribution is -0.121. The number of carbonyl (C=O) groups excluding carboxylic acids is 1. The minimum absolute atomic E-state index is 0.0493. The molecular weight excluding hydrogens is 270 g/mol. The third kappa shape index (κ3) is 2.56. The number of imidazole rings is 1. The van der Waals surface area contributed by atoms with Gasteiger partial charge in [0.1, 0.15) is 17.7 Å². The number of ether oxygens (including phenoxy) is 1.